The molecule has 0 amide bonds. The Bertz CT molecular complexity index is 3900. The summed E-state index contributed by atoms with van der Waals surface area (Å²) >= 11 is 0. The number of nitrogen functional groups attached to an aromatic ring is 2. The number of fused-ring (bicyclic) bond motifs is 4. The van der Waals surface area contributed by atoms with Gasteiger partial charge in [0.2, 0.25) is 0 Å². The third-order valence-corrected chi connectivity index (χ3v) is 16.8. The Morgan fingerprint density at radius 1 is 0.472 bits per heavy atom. The molecule has 0 saturated carbocycles. The number of sulfone groups is 2. The van der Waals surface area contributed by atoms with Crippen LogP contribution in [0.4, 0.5) is 34.1 Å². The van der Waals surface area contributed by atoms with Crippen molar-refractivity contribution in [1.82, 2.24) is 0 Å². The molecule has 0 saturated heterocycles. The molecule has 0 radical (unpaired) electrons. The van der Waals surface area contributed by atoms with Crippen LogP contribution in [0.5, 0.6) is 0 Å². The van der Waals surface area contributed by atoms with Crippen LogP contribution in [-0.4, -0.2) is 97.0 Å². The van der Waals surface area contributed by atoms with E-state index < -0.39 is 113 Å². The van der Waals surface area contributed by atoms with E-state index in [0.29, 0.717) is 12.1 Å². The minimum Gasteiger partial charge on any atom is -0.397 e. The van der Waals surface area contributed by atoms with Crippen molar-refractivity contribution in [2.24, 2.45) is 0 Å². The van der Waals surface area contributed by atoms with E-state index in [1.807, 2.05) is 0 Å². The Kier molecular flexibility index (Phi) is 14.2. The molecule has 8 rings (SSSR count). The highest BCUT2D eigenvalue weighted by atomic mass is 32.3. The summed E-state index contributed by atoms with van der Waals surface area (Å²) in [6, 6.07) is 24.3. The monoisotopic (exact) mass is 1080 g/mol. The third-order valence-electron chi connectivity index (χ3n) is 11.0. The number of hydrogen-bond donors (Lipinski definition) is 7. The molecule has 0 atom stereocenters. The van der Waals surface area contributed by atoms with Crippen molar-refractivity contribution in [3.63, 3.8) is 0 Å². The molecular formula is C45H38N4O18S5. The summed E-state index contributed by atoms with van der Waals surface area (Å²) < 4.78 is 151. The lowest BCUT2D eigenvalue weighted by atomic mass is 9.82. The van der Waals surface area contributed by atoms with Gasteiger partial charge in [0.05, 0.1) is 72.9 Å². The molecule has 27 heteroatoms. The molecule has 0 aromatic heterocycles. The Hall–Kier alpha value is -7.21. The smallest absolute Gasteiger partial charge is 0.397 e. The fourth-order valence-corrected chi connectivity index (χ4v) is 11.9. The second-order valence-electron chi connectivity index (χ2n) is 15.7. The SMILES string of the molecule is CCCS(=O)(=O)c1ccc(Nc2cc(S(=O)(=O)O)c(N)c3c2C(=O)c2ccccc2C3=O)cc1.Nc1c(S(=O)(=O)O)cc(Nc2cccc(S(=O)(=O)CCOS(=O)(=O)O)c2)c2c1C(=O)c1ccccc1C2=O. The highest BCUT2D eigenvalue weighted by Crippen LogP contribution is 2.42. The maximum absolute atomic E-state index is 13.4. The number of hydrogen-bond acceptors (Lipinski definition) is 19. The topological polar surface area (TPSA) is 385 Å². The molecular weight excluding hydrogens is 1040 g/mol. The number of ketones is 4. The van der Waals surface area contributed by atoms with Gasteiger partial charge in [0, 0.05) is 33.6 Å². The second-order valence-corrected chi connectivity index (χ2v) is 23.8. The van der Waals surface area contributed by atoms with Gasteiger partial charge in [-0.2, -0.15) is 25.3 Å². The van der Waals surface area contributed by atoms with Gasteiger partial charge in [-0.25, -0.2) is 21.0 Å². The summed E-state index contributed by atoms with van der Waals surface area (Å²) in [4.78, 5) is 51.3. The normalized spacial score (nSPS) is 13.5. The molecule has 0 unspecified atom stereocenters. The summed E-state index contributed by atoms with van der Waals surface area (Å²) in [5.74, 6) is -3.46. The van der Waals surface area contributed by atoms with Crippen LogP contribution < -0.4 is 22.1 Å². The van der Waals surface area contributed by atoms with Crippen molar-refractivity contribution < 1.29 is 79.1 Å². The van der Waals surface area contributed by atoms with Gasteiger partial charge in [-0.3, -0.25) is 32.8 Å². The van der Waals surface area contributed by atoms with Crippen molar-refractivity contribution in [1.29, 1.82) is 0 Å². The number of nitrogens with one attached hydrogen (secondary N) is 2. The van der Waals surface area contributed by atoms with E-state index in [1.165, 1.54) is 78.9 Å². The molecule has 9 N–H and O–H groups in total. The molecule has 2 aliphatic rings. The molecule has 0 spiro atoms. The molecule has 6 aromatic carbocycles. The van der Waals surface area contributed by atoms with Crippen LogP contribution in [0.15, 0.2) is 129 Å². The van der Waals surface area contributed by atoms with Crippen LogP contribution >= 0.6 is 0 Å². The molecule has 0 heterocycles. The van der Waals surface area contributed by atoms with Crippen LogP contribution in [0, 0.1) is 0 Å². The van der Waals surface area contributed by atoms with E-state index in [-0.39, 0.29) is 71.6 Å². The van der Waals surface area contributed by atoms with Crippen LogP contribution in [0.25, 0.3) is 0 Å². The van der Waals surface area contributed by atoms with Gasteiger partial charge in [0.1, 0.15) is 9.79 Å². The average Bonchev–Trinajstić information content (AvgIpc) is 3.30. The first-order valence-electron chi connectivity index (χ1n) is 20.6. The number of carbonyl (C=O) groups is 4. The van der Waals surface area contributed by atoms with Gasteiger partial charge in [-0.15, -0.1) is 0 Å². The fourth-order valence-electron chi connectivity index (χ4n) is 7.79. The van der Waals surface area contributed by atoms with Crippen molar-refractivity contribution in [3.8, 4) is 0 Å². The Morgan fingerprint density at radius 2 is 0.875 bits per heavy atom. The Morgan fingerprint density at radius 3 is 1.28 bits per heavy atom. The summed E-state index contributed by atoms with van der Waals surface area (Å²) in [6.45, 7) is 0.888. The van der Waals surface area contributed by atoms with Gasteiger partial charge in [-0.1, -0.05) is 61.5 Å². The summed E-state index contributed by atoms with van der Waals surface area (Å²) in [6.07, 6.45) is 0.454. The van der Waals surface area contributed by atoms with Gasteiger partial charge < -0.3 is 22.1 Å². The number of carbonyl (C=O) groups excluding carboxylic acids is 4. The van der Waals surface area contributed by atoms with Crippen LogP contribution in [-0.2, 0) is 54.5 Å². The molecule has 22 nitrogen and oxygen atoms in total. The maximum Gasteiger partial charge on any atom is 0.397 e. The summed E-state index contributed by atoms with van der Waals surface area (Å²) in [7, 11) is -22.2. The second kappa shape index (κ2) is 19.4. The number of benzene rings is 6. The van der Waals surface area contributed by atoms with E-state index in [4.69, 9.17) is 16.0 Å². The van der Waals surface area contributed by atoms with Crippen LogP contribution in [0.1, 0.15) is 77.0 Å². The fraction of sp³-hybridized carbons (Fsp3) is 0.111. The number of anilines is 6. The zero-order chi connectivity index (χ0) is 52.9. The van der Waals surface area contributed by atoms with E-state index in [1.54, 1.807) is 19.1 Å². The molecule has 0 fully saturated rings. The molecule has 376 valence electrons. The average molecular weight is 1080 g/mol. The highest BCUT2D eigenvalue weighted by molar-refractivity contribution is 7.91. The molecule has 0 bridgehead atoms. The van der Waals surface area contributed by atoms with Crippen LogP contribution in [0.2, 0.25) is 0 Å². The Labute approximate surface area is 411 Å². The molecule has 72 heavy (non-hydrogen) atoms. The first kappa shape index (κ1) is 52.6. The minimum atomic E-state index is -4.96. The Balaban J connectivity index is 0.000000213. The maximum atomic E-state index is 13.4. The van der Waals surface area contributed by atoms with Crippen molar-refractivity contribution in [3.05, 3.63) is 154 Å². The van der Waals surface area contributed by atoms with E-state index >= 15 is 0 Å². The van der Waals surface area contributed by atoms with E-state index in [0.717, 1.165) is 18.2 Å². The van der Waals surface area contributed by atoms with Gasteiger partial charge in [0.25, 0.3) is 20.2 Å². The third kappa shape index (κ3) is 10.5. The first-order chi connectivity index (χ1) is 33.6. The zero-order valence-corrected chi connectivity index (χ0v) is 41.0. The molecule has 2 aliphatic carbocycles. The largest absolute Gasteiger partial charge is 0.397 e. The highest BCUT2D eigenvalue weighted by Gasteiger charge is 2.38. The van der Waals surface area contributed by atoms with Crippen molar-refractivity contribution >= 4 is 108 Å². The predicted octanol–water partition coefficient (Wildman–Crippen LogP) is 4.85. The standard InChI is InChI=1S/C23H20N2O7S2.C22H18N2O11S3/c1-2-11-33(28,29)14-9-7-13(8-10-14)25-17-12-18(34(30,31)32)21(24)20-19(17)22(26)15-5-3-4-6-16(15)23(20)27;23-20-17(37(29,30)31)11-16(18-19(20)22(26)15-7-2-1-6-14(15)21(18)25)24-12-4-3-5-13(10-12)36(27,28)9-8-35-38(32,33)34/h3-10,12,25H,2,11,24H2,1H3,(H,30,31,32);1-7,10-11,24H,8-9,23H2,(H,29,30,31)(H,32,33,34). The first-order valence-corrected chi connectivity index (χ1v) is 28.2. The predicted molar refractivity (Wildman–Crippen MR) is 259 cm³/mol. The van der Waals surface area contributed by atoms with Crippen molar-refractivity contribution in [2.75, 3.05) is 40.2 Å². The van der Waals surface area contributed by atoms with Gasteiger partial charge >= 0.3 is 10.4 Å². The molecule has 0 aliphatic heterocycles. The van der Waals surface area contributed by atoms with Crippen LogP contribution in [0.3, 0.4) is 0 Å². The lowest BCUT2D eigenvalue weighted by molar-refractivity contribution is 0.0980. The van der Waals surface area contributed by atoms with E-state index in [9.17, 15) is 70.4 Å². The van der Waals surface area contributed by atoms with Gasteiger partial charge in [0.15, 0.2) is 42.8 Å². The summed E-state index contributed by atoms with van der Waals surface area (Å²) in [5.41, 5.74) is 9.74. The minimum absolute atomic E-state index is 0.0149. The lowest BCUT2D eigenvalue weighted by Gasteiger charge is -2.23. The van der Waals surface area contributed by atoms with Gasteiger partial charge in [-0.05, 0) is 61.0 Å². The van der Waals surface area contributed by atoms with E-state index in [2.05, 4.69) is 14.8 Å². The lowest BCUT2D eigenvalue weighted by Crippen LogP contribution is -2.25. The molecule has 6 aromatic rings. The summed E-state index contributed by atoms with van der Waals surface area (Å²) in [5, 5.41) is 5.58. The quantitative estimate of drug-likeness (QED) is 0.0565. The number of rotatable bonds is 14. The zero-order valence-electron chi connectivity index (χ0n) is 36.9. The number of nitrogens with two attached hydrogens (primary N) is 2. The van der Waals surface area contributed by atoms with Crippen molar-refractivity contribution in [2.45, 2.75) is 32.9 Å².